The third-order valence-corrected chi connectivity index (χ3v) is 1.80. The van der Waals surface area contributed by atoms with Gasteiger partial charge in [-0.1, -0.05) is 32.1 Å². The van der Waals surface area contributed by atoms with Gasteiger partial charge in [-0.15, -0.1) is 0 Å². The lowest BCUT2D eigenvalue weighted by Crippen LogP contribution is -1.95. The molecule has 0 saturated heterocycles. The molecule has 2 nitrogen and oxygen atoms in total. The van der Waals surface area contributed by atoms with Crippen molar-refractivity contribution in [2.75, 3.05) is 0 Å². The van der Waals surface area contributed by atoms with E-state index in [9.17, 15) is 9.90 Å². The average molecular weight is 190 g/mol. The van der Waals surface area contributed by atoms with Crippen molar-refractivity contribution < 1.29 is 9.90 Å². The van der Waals surface area contributed by atoms with Crippen LogP contribution in [0, 0.1) is 5.92 Å². The molecular formula is C12H14O2. The van der Waals surface area contributed by atoms with Gasteiger partial charge < -0.3 is 5.11 Å². The molecular weight excluding hydrogens is 176 g/mol. The first-order valence-corrected chi connectivity index (χ1v) is 4.62. The molecule has 0 spiro atoms. The summed E-state index contributed by atoms with van der Waals surface area (Å²) in [5, 5.41) is 9.39. The molecule has 0 unspecified atom stereocenters. The molecule has 0 aliphatic heterocycles. The Labute approximate surface area is 83.9 Å². The largest absolute Gasteiger partial charge is 0.507 e. The molecule has 0 aliphatic carbocycles. The topological polar surface area (TPSA) is 37.3 Å². The summed E-state index contributed by atoms with van der Waals surface area (Å²) in [6.45, 7) is 3.99. The molecule has 0 bridgehead atoms. The number of aromatic hydroxyl groups is 1. The quantitative estimate of drug-likeness (QED) is 0.587. The van der Waals surface area contributed by atoms with Crippen LogP contribution < -0.4 is 0 Å². The van der Waals surface area contributed by atoms with Crippen LogP contribution in [0.15, 0.2) is 36.4 Å². The molecule has 0 heterocycles. The molecule has 1 aromatic carbocycles. The third-order valence-electron chi connectivity index (χ3n) is 1.80. The number of allylic oxidation sites excluding steroid dienone is 2. The van der Waals surface area contributed by atoms with Gasteiger partial charge in [0.1, 0.15) is 5.75 Å². The van der Waals surface area contributed by atoms with Crippen LogP contribution in [-0.4, -0.2) is 10.9 Å². The molecule has 1 aromatic rings. The number of ketones is 1. The second kappa shape index (κ2) is 4.61. The maximum atomic E-state index is 11.5. The summed E-state index contributed by atoms with van der Waals surface area (Å²) >= 11 is 0. The van der Waals surface area contributed by atoms with Gasteiger partial charge >= 0.3 is 0 Å². The second-order valence-electron chi connectivity index (χ2n) is 3.48. The van der Waals surface area contributed by atoms with E-state index >= 15 is 0 Å². The first-order valence-electron chi connectivity index (χ1n) is 4.62. The highest BCUT2D eigenvalue weighted by molar-refractivity contribution is 6.06. The first-order chi connectivity index (χ1) is 6.61. The van der Waals surface area contributed by atoms with E-state index in [4.69, 9.17) is 0 Å². The van der Waals surface area contributed by atoms with E-state index in [0.29, 0.717) is 11.5 Å². The molecule has 0 fully saturated rings. The van der Waals surface area contributed by atoms with Crippen LogP contribution in [0.5, 0.6) is 5.75 Å². The Bertz CT molecular complexity index is 351. The van der Waals surface area contributed by atoms with Gasteiger partial charge in [-0.25, -0.2) is 0 Å². The number of phenols is 1. The Morgan fingerprint density at radius 2 is 2.00 bits per heavy atom. The van der Waals surface area contributed by atoms with Crippen LogP contribution in [0.25, 0.3) is 0 Å². The molecule has 14 heavy (non-hydrogen) atoms. The Kier molecular flexibility index (Phi) is 3.46. The zero-order chi connectivity index (χ0) is 10.6. The Morgan fingerprint density at radius 3 is 2.57 bits per heavy atom. The number of para-hydroxylation sites is 1. The molecule has 0 saturated carbocycles. The standard InChI is InChI=1S/C12H14O2/c1-9(2)7-8-12(14)10-5-3-4-6-11(10)13/h3-9,13H,1-2H3. The van der Waals surface area contributed by atoms with Crippen molar-refractivity contribution in [2.45, 2.75) is 13.8 Å². The van der Waals surface area contributed by atoms with Crippen LogP contribution in [-0.2, 0) is 0 Å². The summed E-state index contributed by atoms with van der Waals surface area (Å²) in [4.78, 5) is 11.5. The van der Waals surface area contributed by atoms with Crippen LogP contribution in [0.3, 0.4) is 0 Å². The minimum Gasteiger partial charge on any atom is -0.507 e. The van der Waals surface area contributed by atoms with Gasteiger partial charge in [0.2, 0.25) is 0 Å². The van der Waals surface area contributed by atoms with E-state index in [1.807, 2.05) is 19.9 Å². The summed E-state index contributed by atoms with van der Waals surface area (Å²) in [6, 6.07) is 6.55. The van der Waals surface area contributed by atoms with E-state index in [1.54, 1.807) is 18.2 Å². The van der Waals surface area contributed by atoms with Crippen LogP contribution in [0.4, 0.5) is 0 Å². The molecule has 0 aliphatic rings. The highest BCUT2D eigenvalue weighted by Crippen LogP contribution is 2.16. The zero-order valence-corrected chi connectivity index (χ0v) is 8.40. The van der Waals surface area contributed by atoms with E-state index in [2.05, 4.69) is 0 Å². The summed E-state index contributed by atoms with van der Waals surface area (Å²) in [7, 11) is 0. The molecule has 0 radical (unpaired) electrons. The van der Waals surface area contributed by atoms with E-state index < -0.39 is 0 Å². The van der Waals surface area contributed by atoms with Crippen LogP contribution in [0.1, 0.15) is 24.2 Å². The molecule has 1 rings (SSSR count). The molecule has 0 amide bonds. The van der Waals surface area contributed by atoms with Gasteiger partial charge in [0.05, 0.1) is 5.56 Å². The predicted octanol–water partition coefficient (Wildman–Crippen LogP) is 2.79. The number of carbonyl (C=O) groups is 1. The van der Waals surface area contributed by atoms with E-state index in [0.717, 1.165) is 0 Å². The monoisotopic (exact) mass is 190 g/mol. The van der Waals surface area contributed by atoms with E-state index in [-0.39, 0.29) is 11.5 Å². The Hall–Kier alpha value is -1.57. The van der Waals surface area contributed by atoms with Crippen molar-refractivity contribution in [3.63, 3.8) is 0 Å². The van der Waals surface area contributed by atoms with Gasteiger partial charge in [-0.05, 0) is 24.1 Å². The molecule has 0 atom stereocenters. The maximum absolute atomic E-state index is 11.5. The summed E-state index contributed by atoms with van der Waals surface area (Å²) in [5.74, 6) is 0.215. The highest BCUT2D eigenvalue weighted by Gasteiger charge is 2.06. The normalized spacial score (nSPS) is 11.1. The number of carbonyl (C=O) groups excluding carboxylic acids is 1. The molecule has 74 valence electrons. The minimum atomic E-state index is -0.156. The summed E-state index contributed by atoms with van der Waals surface area (Å²) in [6.07, 6.45) is 3.31. The van der Waals surface area contributed by atoms with Crippen LogP contribution in [0.2, 0.25) is 0 Å². The fourth-order valence-corrected chi connectivity index (χ4v) is 1.05. The van der Waals surface area contributed by atoms with Crippen molar-refractivity contribution in [3.8, 4) is 5.75 Å². The Morgan fingerprint density at radius 1 is 1.36 bits per heavy atom. The van der Waals surface area contributed by atoms with Crippen LogP contribution >= 0.6 is 0 Å². The second-order valence-corrected chi connectivity index (χ2v) is 3.48. The molecule has 2 heteroatoms. The molecule has 0 aromatic heterocycles. The summed E-state index contributed by atoms with van der Waals surface area (Å²) in [5.41, 5.74) is 0.351. The van der Waals surface area contributed by atoms with Gasteiger partial charge in [-0.3, -0.25) is 4.79 Å². The number of hydrogen-bond donors (Lipinski definition) is 1. The molecule has 1 N–H and O–H groups in total. The minimum absolute atomic E-state index is 0.0332. The SMILES string of the molecule is CC(C)C=CC(=O)c1ccccc1O. The fraction of sp³-hybridized carbons (Fsp3) is 0.250. The number of benzene rings is 1. The fourth-order valence-electron chi connectivity index (χ4n) is 1.05. The van der Waals surface area contributed by atoms with Crippen molar-refractivity contribution in [3.05, 3.63) is 42.0 Å². The Balaban J connectivity index is 2.85. The van der Waals surface area contributed by atoms with Crippen molar-refractivity contribution >= 4 is 5.78 Å². The average Bonchev–Trinajstić information content (AvgIpc) is 2.15. The van der Waals surface area contributed by atoms with Gasteiger partial charge in [0.15, 0.2) is 5.78 Å². The number of hydrogen-bond acceptors (Lipinski definition) is 2. The number of rotatable bonds is 3. The highest BCUT2D eigenvalue weighted by atomic mass is 16.3. The van der Waals surface area contributed by atoms with Gasteiger partial charge in [-0.2, -0.15) is 0 Å². The maximum Gasteiger partial charge on any atom is 0.189 e. The first kappa shape index (κ1) is 10.5. The van der Waals surface area contributed by atoms with Crippen molar-refractivity contribution in [1.82, 2.24) is 0 Å². The van der Waals surface area contributed by atoms with Crippen molar-refractivity contribution in [2.24, 2.45) is 5.92 Å². The van der Waals surface area contributed by atoms with Crippen molar-refractivity contribution in [1.29, 1.82) is 0 Å². The predicted molar refractivity (Wildman–Crippen MR) is 56.4 cm³/mol. The van der Waals surface area contributed by atoms with E-state index in [1.165, 1.54) is 12.1 Å². The van der Waals surface area contributed by atoms with Gasteiger partial charge in [0, 0.05) is 0 Å². The summed E-state index contributed by atoms with van der Waals surface area (Å²) < 4.78 is 0. The lowest BCUT2D eigenvalue weighted by molar-refractivity contribution is 0.104. The third kappa shape index (κ3) is 2.73. The smallest absolute Gasteiger partial charge is 0.189 e. The zero-order valence-electron chi connectivity index (χ0n) is 8.40. The van der Waals surface area contributed by atoms with Gasteiger partial charge in [0.25, 0.3) is 0 Å². The lowest BCUT2D eigenvalue weighted by atomic mass is 10.1. The number of phenolic OH excluding ortho intramolecular Hbond substituents is 1. The lowest BCUT2D eigenvalue weighted by Gasteiger charge is -1.99.